The molecule has 4 atom stereocenters. The number of carbonyl (C=O) groups excluding carboxylic acids is 3. The zero-order chi connectivity index (χ0) is 20.3. The normalized spacial score (nSPS) is 29.2. The van der Waals surface area contributed by atoms with Crippen LogP contribution in [0.25, 0.3) is 5.76 Å². The van der Waals surface area contributed by atoms with E-state index in [2.05, 4.69) is 0 Å². The summed E-state index contributed by atoms with van der Waals surface area (Å²) in [5.74, 6) is -3.89. The molecule has 0 aromatic heterocycles. The maximum atomic E-state index is 13.4. The number of amides is 1. The Morgan fingerprint density at radius 2 is 1.89 bits per heavy atom. The van der Waals surface area contributed by atoms with Gasteiger partial charge >= 0.3 is 0 Å². The van der Waals surface area contributed by atoms with Gasteiger partial charge in [-0.1, -0.05) is 18.2 Å². The lowest BCUT2D eigenvalue weighted by Crippen LogP contribution is -2.53. The number of aliphatic hydroxyl groups excluding tert-OH is 1. The van der Waals surface area contributed by atoms with Gasteiger partial charge in [0, 0.05) is 11.6 Å². The maximum absolute atomic E-state index is 13.4. The summed E-state index contributed by atoms with van der Waals surface area (Å²) in [6, 6.07) is 4.69. The Hall–Kier alpha value is -2.93. The maximum Gasteiger partial charge on any atom is 0.252 e. The van der Waals surface area contributed by atoms with Crippen molar-refractivity contribution in [2.24, 2.45) is 23.5 Å². The summed E-state index contributed by atoms with van der Waals surface area (Å²) in [6.07, 6.45) is 2.58. The molecule has 0 saturated heterocycles. The van der Waals surface area contributed by atoms with E-state index in [0.717, 1.165) is 5.56 Å². The van der Waals surface area contributed by atoms with Gasteiger partial charge in [0.2, 0.25) is 0 Å². The first-order valence-electron chi connectivity index (χ1n) is 9.23. The highest BCUT2D eigenvalue weighted by Crippen LogP contribution is 2.49. The van der Waals surface area contributed by atoms with Crippen LogP contribution in [0.15, 0.2) is 35.4 Å². The minimum Gasteiger partial charge on any atom is -0.507 e. The van der Waals surface area contributed by atoms with Crippen molar-refractivity contribution in [3.8, 4) is 5.75 Å². The molecule has 7 heteroatoms. The van der Waals surface area contributed by atoms with E-state index in [1.165, 1.54) is 6.07 Å². The summed E-state index contributed by atoms with van der Waals surface area (Å²) in [4.78, 5) is 39.9. The number of nitrogens with zero attached hydrogens (tertiary/aromatic N) is 1. The summed E-state index contributed by atoms with van der Waals surface area (Å²) in [5, 5.41) is 21.0. The first-order valence-corrected chi connectivity index (χ1v) is 9.23. The number of allylic oxidation sites excluding steroid dienone is 1. The third kappa shape index (κ3) is 2.50. The van der Waals surface area contributed by atoms with E-state index < -0.39 is 23.4 Å². The summed E-state index contributed by atoms with van der Waals surface area (Å²) >= 11 is 0. The number of phenolic OH excluding ortho intramolecular Hbond substituents is 1. The first-order chi connectivity index (χ1) is 13.2. The number of phenols is 1. The van der Waals surface area contributed by atoms with E-state index in [1.54, 1.807) is 12.1 Å². The molecule has 0 heterocycles. The second-order valence-corrected chi connectivity index (χ2v) is 7.98. The molecule has 0 bridgehead atoms. The Balaban J connectivity index is 1.86. The van der Waals surface area contributed by atoms with E-state index in [0.29, 0.717) is 12.8 Å². The van der Waals surface area contributed by atoms with Crippen LogP contribution in [0.5, 0.6) is 5.75 Å². The fourth-order valence-electron chi connectivity index (χ4n) is 5.00. The summed E-state index contributed by atoms with van der Waals surface area (Å²) in [5.41, 5.74) is 6.41. The highest BCUT2D eigenvalue weighted by atomic mass is 16.3. The molecule has 4 rings (SSSR count). The molecule has 3 aliphatic carbocycles. The van der Waals surface area contributed by atoms with Crippen molar-refractivity contribution in [1.29, 1.82) is 0 Å². The van der Waals surface area contributed by atoms with Crippen LogP contribution < -0.4 is 5.73 Å². The van der Waals surface area contributed by atoms with E-state index in [-0.39, 0.29) is 46.1 Å². The van der Waals surface area contributed by atoms with Crippen LogP contribution in [0.2, 0.25) is 0 Å². The molecule has 146 valence electrons. The van der Waals surface area contributed by atoms with E-state index >= 15 is 0 Å². The molecule has 7 nitrogen and oxygen atoms in total. The van der Waals surface area contributed by atoms with Crippen molar-refractivity contribution >= 4 is 23.2 Å². The molecular formula is C21H22N2O5. The van der Waals surface area contributed by atoms with E-state index in [9.17, 15) is 24.6 Å². The highest BCUT2D eigenvalue weighted by Gasteiger charge is 2.52. The number of primary amides is 1. The molecule has 0 aliphatic heterocycles. The summed E-state index contributed by atoms with van der Waals surface area (Å²) in [7, 11) is 3.66. The second-order valence-electron chi connectivity index (χ2n) is 7.98. The average molecular weight is 382 g/mol. The SMILES string of the molecule is CN(C)[C@@H]1C=C(C(N)=O)C(=O)C2C(=O)C3=C(O)c4c(O)cccc4C[C@H]3C[C@H]21. The molecule has 0 radical (unpaired) electrons. The van der Waals surface area contributed by atoms with Crippen molar-refractivity contribution in [2.45, 2.75) is 18.9 Å². The van der Waals surface area contributed by atoms with Gasteiger partial charge in [-0.3, -0.25) is 14.4 Å². The number of Topliss-reactive ketones (excluding diaryl/α,β-unsaturated/α-hetero) is 2. The highest BCUT2D eigenvalue weighted by molar-refractivity contribution is 6.28. The van der Waals surface area contributed by atoms with Crippen molar-refractivity contribution in [3.05, 3.63) is 46.5 Å². The number of ketones is 2. The summed E-state index contributed by atoms with van der Waals surface area (Å²) < 4.78 is 0. The van der Waals surface area contributed by atoms with Gasteiger partial charge in [0.25, 0.3) is 5.91 Å². The fraction of sp³-hybridized carbons (Fsp3) is 0.381. The largest absolute Gasteiger partial charge is 0.507 e. The molecule has 1 unspecified atom stereocenters. The standard InChI is InChI=1S/C21H22N2O5/c1-23(2)13-8-12(21(22)28)18(25)17-11(13)7-10-6-9-4-3-5-14(24)15(9)19(26)16(10)20(17)27/h3-5,8,10-11,13,17,24,26H,6-7H2,1-2H3,(H2,22,28)/t10-,11-,13+,17?/m0/s1. The predicted molar refractivity (Wildman–Crippen MR) is 101 cm³/mol. The van der Waals surface area contributed by atoms with Crippen molar-refractivity contribution in [3.63, 3.8) is 0 Å². The number of likely N-dealkylation sites (N-methyl/N-ethyl adjacent to an activating group) is 1. The van der Waals surface area contributed by atoms with Crippen LogP contribution in [-0.4, -0.2) is 52.7 Å². The van der Waals surface area contributed by atoms with Gasteiger partial charge in [-0.15, -0.1) is 0 Å². The van der Waals surface area contributed by atoms with Gasteiger partial charge in [-0.05, 0) is 50.4 Å². The monoisotopic (exact) mass is 382 g/mol. The molecule has 1 aromatic rings. The van der Waals surface area contributed by atoms with E-state index in [4.69, 9.17) is 5.73 Å². The molecule has 0 spiro atoms. The fourth-order valence-corrected chi connectivity index (χ4v) is 5.00. The van der Waals surface area contributed by atoms with Gasteiger partial charge in [0.15, 0.2) is 11.6 Å². The number of aromatic hydroxyl groups is 1. The Labute approximate surface area is 162 Å². The van der Waals surface area contributed by atoms with Crippen LogP contribution in [0.4, 0.5) is 0 Å². The Bertz CT molecular complexity index is 975. The number of hydrogen-bond acceptors (Lipinski definition) is 6. The third-order valence-corrected chi connectivity index (χ3v) is 6.21. The average Bonchev–Trinajstić information content (AvgIpc) is 2.60. The van der Waals surface area contributed by atoms with Gasteiger partial charge in [-0.25, -0.2) is 0 Å². The van der Waals surface area contributed by atoms with Crippen LogP contribution in [0, 0.1) is 17.8 Å². The lowest BCUT2D eigenvalue weighted by molar-refractivity contribution is -0.135. The number of aliphatic hydroxyl groups is 1. The molecule has 1 aromatic carbocycles. The molecule has 4 N–H and O–H groups in total. The minimum atomic E-state index is -1.05. The van der Waals surface area contributed by atoms with Crippen LogP contribution in [-0.2, 0) is 20.8 Å². The van der Waals surface area contributed by atoms with Gasteiger partial charge in [0.05, 0.1) is 17.1 Å². The quantitative estimate of drug-likeness (QED) is 0.518. The van der Waals surface area contributed by atoms with Crippen molar-refractivity contribution < 1.29 is 24.6 Å². The molecule has 28 heavy (non-hydrogen) atoms. The number of fused-ring (bicyclic) bond motifs is 3. The molecular weight excluding hydrogens is 360 g/mol. The first kappa shape index (κ1) is 18.4. The predicted octanol–water partition coefficient (Wildman–Crippen LogP) is 0.963. The van der Waals surface area contributed by atoms with E-state index in [1.807, 2.05) is 25.1 Å². The zero-order valence-corrected chi connectivity index (χ0v) is 15.7. The van der Waals surface area contributed by atoms with Crippen molar-refractivity contribution in [1.82, 2.24) is 4.90 Å². The number of carbonyl (C=O) groups is 3. The Morgan fingerprint density at radius 1 is 1.18 bits per heavy atom. The number of hydrogen-bond donors (Lipinski definition) is 3. The number of benzene rings is 1. The van der Waals surface area contributed by atoms with Crippen LogP contribution in [0.1, 0.15) is 17.5 Å². The molecule has 3 aliphatic rings. The van der Waals surface area contributed by atoms with Gasteiger partial charge in [-0.2, -0.15) is 0 Å². The van der Waals surface area contributed by atoms with Crippen LogP contribution >= 0.6 is 0 Å². The topological polar surface area (TPSA) is 121 Å². The zero-order valence-electron chi connectivity index (χ0n) is 15.7. The number of rotatable bonds is 2. The third-order valence-electron chi connectivity index (χ3n) is 6.21. The lowest BCUT2D eigenvalue weighted by Gasteiger charge is -2.45. The van der Waals surface area contributed by atoms with Gasteiger partial charge in [0.1, 0.15) is 11.5 Å². The Morgan fingerprint density at radius 3 is 2.54 bits per heavy atom. The molecule has 1 amide bonds. The Kier molecular flexibility index (Phi) is 4.15. The molecule has 1 saturated carbocycles. The van der Waals surface area contributed by atoms with Crippen molar-refractivity contribution in [2.75, 3.05) is 14.1 Å². The minimum absolute atomic E-state index is 0.102. The van der Waals surface area contributed by atoms with Crippen LogP contribution in [0.3, 0.4) is 0 Å². The number of nitrogens with two attached hydrogens (primary N) is 1. The van der Waals surface area contributed by atoms with Gasteiger partial charge < -0.3 is 20.8 Å². The lowest BCUT2D eigenvalue weighted by atomic mass is 9.60. The summed E-state index contributed by atoms with van der Waals surface area (Å²) in [6.45, 7) is 0. The molecule has 1 fully saturated rings. The second kappa shape index (κ2) is 6.31. The smallest absolute Gasteiger partial charge is 0.252 e.